The molecule has 3 unspecified atom stereocenters. The number of anilines is 1. The van der Waals surface area contributed by atoms with Gasteiger partial charge in [-0.1, -0.05) is 30.3 Å². The summed E-state index contributed by atoms with van der Waals surface area (Å²) < 4.78 is 17.4. The Kier molecular flexibility index (Phi) is 4.63. The van der Waals surface area contributed by atoms with E-state index in [1.165, 1.54) is 7.11 Å². The molecule has 2 aliphatic rings. The van der Waals surface area contributed by atoms with Gasteiger partial charge in [0.1, 0.15) is 5.92 Å². The molecule has 1 fully saturated rings. The van der Waals surface area contributed by atoms with E-state index in [4.69, 9.17) is 26.4 Å². The van der Waals surface area contributed by atoms with Crippen molar-refractivity contribution in [3.8, 4) is 11.5 Å². The summed E-state index contributed by atoms with van der Waals surface area (Å²) in [6.07, 6.45) is 0. The Labute approximate surface area is 169 Å². The highest BCUT2D eigenvalue weighted by atomic mass is 32.1. The summed E-state index contributed by atoms with van der Waals surface area (Å²) in [4.78, 5) is 14.7. The van der Waals surface area contributed by atoms with Gasteiger partial charge in [-0.15, -0.1) is 0 Å². The fourth-order valence-corrected chi connectivity index (χ4v) is 4.51. The lowest BCUT2D eigenvalue weighted by molar-refractivity contribution is -0.157. The average molecular weight is 398 g/mol. The predicted octanol–water partition coefficient (Wildman–Crippen LogP) is 3.42. The van der Waals surface area contributed by atoms with Crippen LogP contribution in [0, 0.1) is 5.92 Å². The molecule has 0 amide bonds. The first-order valence-electron chi connectivity index (χ1n) is 9.19. The zero-order valence-corrected chi connectivity index (χ0v) is 16.8. The van der Waals surface area contributed by atoms with Crippen molar-refractivity contribution in [3.63, 3.8) is 0 Å². The maximum Gasteiger partial charge on any atom is 0.317 e. The van der Waals surface area contributed by atoms with Crippen molar-refractivity contribution < 1.29 is 19.0 Å². The van der Waals surface area contributed by atoms with E-state index in [9.17, 15) is 4.79 Å². The van der Waals surface area contributed by atoms with Crippen LogP contribution in [0.3, 0.4) is 0 Å². The van der Waals surface area contributed by atoms with Gasteiger partial charge in [0.05, 0.1) is 19.8 Å². The minimum absolute atomic E-state index is 0.365. The summed E-state index contributed by atoms with van der Waals surface area (Å²) in [6.45, 7) is 4.30. The lowest BCUT2D eigenvalue weighted by atomic mass is 9.79. The van der Waals surface area contributed by atoms with E-state index in [0.29, 0.717) is 23.2 Å². The Balaban J connectivity index is 1.92. The fourth-order valence-electron chi connectivity index (χ4n) is 4.09. The van der Waals surface area contributed by atoms with E-state index in [0.717, 1.165) is 11.3 Å². The molecule has 1 saturated heterocycles. The van der Waals surface area contributed by atoms with E-state index in [1.54, 1.807) is 0 Å². The SMILES string of the molecule is CCOc1cccc2c1OC1(C)C(C(=O)OC)C2NC(=S)N1c1ccccc1. The highest BCUT2D eigenvalue weighted by molar-refractivity contribution is 7.80. The topological polar surface area (TPSA) is 60.0 Å². The smallest absolute Gasteiger partial charge is 0.317 e. The summed E-state index contributed by atoms with van der Waals surface area (Å²) in [5.74, 6) is 0.264. The first kappa shape index (κ1) is 18.6. The Morgan fingerprint density at radius 2 is 2.00 bits per heavy atom. The number of ether oxygens (including phenoxy) is 3. The molecule has 2 heterocycles. The largest absolute Gasteiger partial charge is 0.490 e. The molecule has 0 aromatic heterocycles. The molecule has 6 nitrogen and oxygen atoms in total. The van der Waals surface area contributed by atoms with Gasteiger partial charge in [0.25, 0.3) is 0 Å². The van der Waals surface area contributed by atoms with Crippen molar-refractivity contribution >= 4 is 29.0 Å². The van der Waals surface area contributed by atoms with Gasteiger partial charge in [-0.2, -0.15) is 0 Å². The Morgan fingerprint density at radius 1 is 1.25 bits per heavy atom. The number of benzene rings is 2. The minimum Gasteiger partial charge on any atom is -0.490 e. The highest BCUT2D eigenvalue weighted by Crippen LogP contribution is 2.52. The number of carbonyl (C=O) groups excluding carboxylic acids is 1. The van der Waals surface area contributed by atoms with E-state index in [-0.39, 0.29) is 12.0 Å². The van der Waals surface area contributed by atoms with Gasteiger partial charge in [0.15, 0.2) is 16.6 Å². The van der Waals surface area contributed by atoms with Crippen LogP contribution in [0.15, 0.2) is 48.5 Å². The van der Waals surface area contributed by atoms with Gasteiger partial charge in [-0.25, -0.2) is 0 Å². The van der Waals surface area contributed by atoms with Crippen molar-refractivity contribution in [1.82, 2.24) is 5.32 Å². The van der Waals surface area contributed by atoms with Crippen LogP contribution in [0.1, 0.15) is 25.5 Å². The molecule has 2 aromatic rings. The van der Waals surface area contributed by atoms with Gasteiger partial charge in [-0.05, 0) is 44.3 Å². The number of rotatable bonds is 4. The lowest BCUT2D eigenvalue weighted by Gasteiger charge is -2.55. The van der Waals surface area contributed by atoms with Crippen molar-refractivity contribution in [2.75, 3.05) is 18.6 Å². The molecular weight excluding hydrogens is 376 g/mol. The van der Waals surface area contributed by atoms with Crippen LogP contribution < -0.4 is 19.7 Å². The lowest BCUT2D eigenvalue weighted by Crippen LogP contribution is -2.71. The van der Waals surface area contributed by atoms with Crippen molar-refractivity contribution in [3.05, 3.63) is 54.1 Å². The Morgan fingerprint density at radius 3 is 2.68 bits per heavy atom. The summed E-state index contributed by atoms with van der Waals surface area (Å²) in [6, 6.07) is 14.9. The molecule has 146 valence electrons. The molecule has 2 aromatic carbocycles. The molecule has 28 heavy (non-hydrogen) atoms. The number of hydrogen-bond donors (Lipinski definition) is 1. The molecule has 4 rings (SSSR count). The Bertz CT molecular complexity index is 920. The van der Waals surface area contributed by atoms with Crippen LogP contribution in [0.5, 0.6) is 11.5 Å². The van der Waals surface area contributed by atoms with Gasteiger partial charge in [-0.3, -0.25) is 9.69 Å². The zero-order chi connectivity index (χ0) is 19.9. The highest BCUT2D eigenvalue weighted by Gasteiger charge is 2.60. The molecule has 1 N–H and O–H groups in total. The molecule has 0 aliphatic carbocycles. The number of fused-ring (bicyclic) bond motifs is 4. The second-order valence-electron chi connectivity index (χ2n) is 6.86. The van der Waals surface area contributed by atoms with Crippen LogP contribution >= 0.6 is 12.2 Å². The van der Waals surface area contributed by atoms with Crippen LogP contribution in [0.4, 0.5) is 5.69 Å². The first-order valence-corrected chi connectivity index (χ1v) is 9.60. The van der Waals surface area contributed by atoms with Gasteiger partial charge in [0.2, 0.25) is 5.72 Å². The summed E-state index contributed by atoms with van der Waals surface area (Å²) in [7, 11) is 1.39. The second-order valence-corrected chi connectivity index (χ2v) is 7.25. The van der Waals surface area contributed by atoms with Gasteiger partial charge >= 0.3 is 5.97 Å². The molecule has 2 aliphatic heterocycles. The second kappa shape index (κ2) is 6.98. The number of esters is 1. The first-order chi connectivity index (χ1) is 13.5. The number of carbonyl (C=O) groups is 1. The van der Waals surface area contributed by atoms with E-state index < -0.39 is 11.6 Å². The molecule has 0 saturated carbocycles. The van der Waals surface area contributed by atoms with Gasteiger partial charge < -0.3 is 19.5 Å². The van der Waals surface area contributed by atoms with Crippen LogP contribution in [0.2, 0.25) is 0 Å². The number of para-hydroxylation sites is 2. The number of thiocarbonyl (C=S) groups is 1. The van der Waals surface area contributed by atoms with E-state index in [1.807, 2.05) is 67.3 Å². The van der Waals surface area contributed by atoms with Crippen molar-refractivity contribution in [1.29, 1.82) is 0 Å². The molecule has 7 heteroatoms. The van der Waals surface area contributed by atoms with Crippen molar-refractivity contribution in [2.45, 2.75) is 25.6 Å². The summed E-state index contributed by atoms with van der Waals surface area (Å²) >= 11 is 5.68. The number of hydrogen-bond acceptors (Lipinski definition) is 5. The predicted molar refractivity (Wildman–Crippen MR) is 110 cm³/mol. The third-order valence-corrected chi connectivity index (χ3v) is 5.56. The molecule has 0 spiro atoms. The maximum atomic E-state index is 12.8. The quantitative estimate of drug-likeness (QED) is 0.625. The fraction of sp³-hybridized carbons (Fsp3) is 0.333. The monoisotopic (exact) mass is 398 g/mol. The van der Waals surface area contributed by atoms with Crippen molar-refractivity contribution in [2.24, 2.45) is 5.92 Å². The molecular formula is C21H22N2O4S. The number of nitrogens with zero attached hydrogens (tertiary/aromatic N) is 1. The zero-order valence-electron chi connectivity index (χ0n) is 16.0. The summed E-state index contributed by atoms with van der Waals surface area (Å²) in [5, 5.41) is 3.83. The van der Waals surface area contributed by atoms with Crippen LogP contribution in [0.25, 0.3) is 0 Å². The molecule has 3 atom stereocenters. The standard InChI is InChI=1S/C21H22N2O4S/c1-4-26-15-12-8-11-14-17-16(19(24)25-3)21(2,27-18(14)15)23(20(28)22-17)13-9-6-5-7-10-13/h5-12,16-17H,4H2,1-3H3,(H,22,28). The number of methoxy groups -OCH3 is 1. The third kappa shape index (κ3) is 2.69. The van der Waals surface area contributed by atoms with Crippen LogP contribution in [-0.4, -0.2) is 30.5 Å². The van der Waals surface area contributed by atoms with E-state index >= 15 is 0 Å². The average Bonchev–Trinajstić information content (AvgIpc) is 2.68. The normalized spacial score (nSPS) is 25.2. The molecule has 0 radical (unpaired) electrons. The van der Waals surface area contributed by atoms with Gasteiger partial charge in [0, 0.05) is 11.3 Å². The Hall–Kier alpha value is -2.80. The summed E-state index contributed by atoms with van der Waals surface area (Å²) in [5.41, 5.74) is 0.572. The van der Waals surface area contributed by atoms with Crippen LogP contribution in [-0.2, 0) is 9.53 Å². The number of nitrogens with one attached hydrogen (secondary N) is 1. The minimum atomic E-state index is -1.08. The maximum absolute atomic E-state index is 12.8. The third-order valence-electron chi connectivity index (χ3n) is 5.26. The van der Waals surface area contributed by atoms with E-state index in [2.05, 4.69) is 5.32 Å². The molecule has 2 bridgehead atoms.